The van der Waals surface area contributed by atoms with Gasteiger partial charge < -0.3 is 20.3 Å². The van der Waals surface area contributed by atoms with Crippen LogP contribution in [0.4, 0.5) is 4.79 Å². The number of nitrogens with zero attached hydrogens (tertiary/aromatic N) is 4. The van der Waals surface area contributed by atoms with E-state index in [1.807, 2.05) is 68.2 Å². The number of aromatic nitrogens is 2. The number of aliphatic imine (C=N–C) groups is 1. The van der Waals surface area contributed by atoms with Crippen LogP contribution in [0.5, 0.6) is 0 Å². The number of guanidine groups is 1. The van der Waals surface area contributed by atoms with E-state index in [0.717, 1.165) is 36.7 Å². The third-order valence-corrected chi connectivity index (χ3v) is 4.61. The summed E-state index contributed by atoms with van der Waals surface area (Å²) in [6, 6.07) is 10.1. The zero-order chi connectivity index (χ0) is 21.6. The summed E-state index contributed by atoms with van der Waals surface area (Å²) in [4.78, 5) is 19.0. The van der Waals surface area contributed by atoms with Gasteiger partial charge >= 0.3 is 6.09 Å². The molecule has 2 heterocycles. The van der Waals surface area contributed by atoms with Gasteiger partial charge in [-0.15, -0.1) is 0 Å². The van der Waals surface area contributed by atoms with Gasteiger partial charge in [-0.05, 0) is 46.2 Å². The Balaban J connectivity index is 1.59. The Morgan fingerprint density at radius 3 is 2.77 bits per heavy atom. The SMILES string of the molecule is CCNC(=NCc1cnn(-c2ccccc2)c1)N1CCC(NC(=O)OC(C)(C)C)C1. The Hall–Kier alpha value is -3.03. The van der Waals surface area contributed by atoms with Crippen LogP contribution >= 0.6 is 0 Å². The minimum absolute atomic E-state index is 0.0459. The number of alkyl carbamates (subject to hydrolysis) is 1. The fraction of sp³-hybridized carbons (Fsp3) is 0.500. The van der Waals surface area contributed by atoms with Crippen molar-refractivity contribution in [2.75, 3.05) is 19.6 Å². The number of carbonyl (C=O) groups excluding carboxylic acids is 1. The topological polar surface area (TPSA) is 83.8 Å². The second kappa shape index (κ2) is 9.65. The average molecular weight is 413 g/mol. The molecule has 1 aliphatic heterocycles. The van der Waals surface area contributed by atoms with Gasteiger partial charge in [0.2, 0.25) is 0 Å². The Morgan fingerprint density at radius 1 is 1.30 bits per heavy atom. The number of hydrogen-bond donors (Lipinski definition) is 2. The smallest absolute Gasteiger partial charge is 0.407 e. The van der Waals surface area contributed by atoms with E-state index in [4.69, 9.17) is 9.73 Å². The molecule has 0 aliphatic carbocycles. The molecule has 1 fully saturated rings. The van der Waals surface area contributed by atoms with Gasteiger partial charge in [-0.2, -0.15) is 5.10 Å². The van der Waals surface area contributed by atoms with Crippen molar-refractivity contribution >= 4 is 12.1 Å². The first-order chi connectivity index (χ1) is 14.3. The Kier molecular flexibility index (Phi) is 6.97. The van der Waals surface area contributed by atoms with Crippen LogP contribution in [-0.2, 0) is 11.3 Å². The van der Waals surface area contributed by atoms with Gasteiger partial charge in [0.15, 0.2) is 5.96 Å². The fourth-order valence-electron chi connectivity index (χ4n) is 3.30. The molecule has 3 rings (SSSR count). The van der Waals surface area contributed by atoms with Gasteiger partial charge in [0.25, 0.3) is 0 Å². The summed E-state index contributed by atoms with van der Waals surface area (Å²) in [5, 5.41) is 10.7. The van der Waals surface area contributed by atoms with Crippen LogP contribution in [-0.4, -0.2) is 58.0 Å². The van der Waals surface area contributed by atoms with Crippen molar-refractivity contribution in [1.29, 1.82) is 0 Å². The maximum Gasteiger partial charge on any atom is 0.407 e. The molecule has 1 saturated heterocycles. The van der Waals surface area contributed by atoms with Crippen molar-refractivity contribution in [3.05, 3.63) is 48.3 Å². The predicted molar refractivity (Wildman–Crippen MR) is 118 cm³/mol. The van der Waals surface area contributed by atoms with Crippen molar-refractivity contribution in [1.82, 2.24) is 25.3 Å². The third-order valence-electron chi connectivity index (χ3n) is 4.61. The highest BCUT2D eigenvalue weighted by molar-refractivity contribution is 5.80. The molecule has 0 bridgehead atoms. The molecule has 8 heteroatoms. The van der Waals surface area contributed by atoms with Gasteiger partial charge in [0, 0.05) is 31.4 Å². The molecule has 2 aromatic rings. The first-order valence-corrected chi connectivity index (χ1v) is 10.5. The maximum atomic E-state index is 12.0. The van der Waals surface area contributed by atoms with Crippen molar-refractivity contribution in [3.8, 4) is 5.69 Å². The van der Waals surface area contributed by atoms with Crippen molar-refractivity contribution < 1.29 is 9.53 Å². The van der Waals surface area contributed by atoms with Gasteiger partial charge in [0.05, 0.1) is 24.5 Å². The van der Waals surface area contributed by atoms with Gasteiger partial charge in [-0.25, -0.2) is 14.5 Å². The molecule has 1 atom stereocenters. The number of likely N-dealkylation sites (tertiary alicyclic amines) is 1. The number of amides is 1. The molecule has 162 valence electrons. The van der Waals surface area contributed by atoms with E-state index in [-0.39, 0.29) is 12.1 Å². The first kappa shape index (κ1) is 21.7. The molecule has 8 nitrogen and oxygen atoms in total. The second-order valence-corrected chi connectivity index (χ2v) is 8.38. The normalized spacial score (nSPS) is 17.1. The van der Waals surface area contributed by atoms with E-state index in [1.165, 1.54) is 0 Å². The van der Waals surface area contributed by atoms with Crippen LogP contribution in [0, 0.1) is 0 Å². The Morgan fingerprint density at radius 2 is 2.07 bits per heavy atom. The largest absolute Gasteiger partial charge is 0.444 e. The van der Waals surface area contributed by atoms with Gasteiger partial charge in [-0.3, -0.25) is 0 Å². The molecule has 0 saturated carbocycles. The lowest BCUT2D eigenvalue weighted by Gasteiger charge is -2.23. The standard InChI is InChI=1S/C22H32N6O2/c1-5-23-20(27-12-11-18(16-27)26-21(29)30-22(2,3)4)24-13-17-14-25-28(15-17)19-9-7-6-8-10-19/h6-10,14-15,18H,5,11-13,16H2,1-4H3,(H,23,24)(H,26,29). The predicted octanol–water partition coefficient (Wildman–Crippen LogP) is 2.94. The minimum atomic E-state index is -0.497. The number of para-hydroxylation sites is 1. The van der Waals surface area contributed by atoms with Crippen LogP contribution in [0.2, 0.25) is 0 Å². The average Bonchev–Trinajstić information content (AvgIpc) is 3.34. The number of rotatable bonds is 5. The molecule has 1 amide bonds. The van der Waals surface area contributed by atoms with Crippen LogP contribution in [0.3, 0.4) is 0 Å². The summed E-state index contributed by atoms with van der Waals surface area (Å²) in [6.07, 6.45) is 4.33. The number of ether oxygens (including phenoxy) is 1. The van der Waals surface area contributed by atoms with Crippen LogP contribution in [0.15, 0.2) is 47.7 Å². The van der Waals surface area contributed by atoms with Crippen molar-refractivity contribution in [3.63, 3.8) is 0 Å². The molecule has 1 aromatic heterocycles. The Bertz CT molecular complexity index is 856. The number of benzene rings is 1. The summed E-state index contributed by atoms with van der Waals surface area (Å²) in [5.41, 5.74) is 1.57. The first-order valence-electron chi connectivity index (χ1n) is 10.5. The van der Waals surface area contributed by atoms with Crippen molar-refractivity contribution in [2.24, 2.45) is 4.99 Å². The van der Waals surface area contributed by atoms with Crippen molar-refractivity contribution in [2.45, 2.75) is 52.3 Å². The fourth-order valence-corrected chi connectivity index (χ4v) is 3.30. The third kappa shape index (κ3) is 6.23. The van der Waals surface area contributed by atoms with Gasteiger partial charge in [0.1, 0.15) is 5.60 Å². The monoisotopic (exact) mass is 412 g/mol. The van der Waals surface area contributed by atoms with E-state index in [2.05, 4.69) is 27.6 Å². The molecular formula is C22H32N6O2. The summed E-state index contributed by atoms with van der Waals surface area (Å²) < 4.78 is 7.22. The zero-order valence-electron chi connectivity index (χ0n) is 18.3. The highest BCUT2D eigenvalue weighted by Gasteiger charge is 2.27. The summed E-state index contributed by atoms with van der Waals surface area (Å²) in [6.45, 7) is 10.5. The quantitative estimate of drug-likeness (QED) is 0.583. The van der Waals surface area contributed by atoms with Gasteiger partial charge in [-0.1, -0.05) is 18.2 Å². The van der Waals surface area contributed by atoms with E-state index in [0.29, 0.717) is 13.1 Å². The molecule has 1 aliphatic rings. The maximum absolute atomic E-state index is 12.0. The lowest BCUT2D eigenvalue weighted by Crippen LogP contribution is -2.44. The van der Waals surface area contributed by atoms with Crippen LogP contribution in [0.1, 0.15) is 39.7 Å². The van der Waals surface area contributed by atoms with E-state index in [9.17, 15) is 4.79 Å². The van der Waals surface area contributed by atoms with E-state index >= 15 is 0 Å². The summed E-state index contributed by atoms with van der Waals surface area (Å²) >= 11 is 0. The molecule has 0 spiro atoms. The Labute approximate surface area is 178 Å². The second-order valence-electron chi connectivity index (χ2n) is 8.38. The molecule has 30 heavy (non-hydrogen) atoms. The number of hydrogen-bond acceptors (Lipinski definition) is 4. The summed E-state index contributed by atoms with van der Waals surface area (Å²) in [5.74, 6) is 0.846. The lowest BCUT2D eigenvalue weighted by atomic mass is 10.2. The molecule has 1 unspecified atom stereocenters. The molecule has 1 aromatic carbocycles. The van der Waals surface area contributed by atoms with E-state index in [1.54, 1.807) is 0 Å². The number of nitrogens with one attached hydrogen (secondary N) is 2. The minimum Gasteiger partial charge on any atom is -0.444 e. The highest BCUT2D eigenvalue weighted by Crippen LogP contribution is 2.13. The highest BCUT2D eigenvalue weighted by atomic mass is 16.6. The molecule has 0 radical (unpaired) electrons. The summed E-state index contributed by atoms with van der Waals surface area (Å²) in [7, 11) is 0. The number of carbonyl (C=O) groups is 1. The van der Waals surface area contributed by atoms with Crippen LogP contribution in [0.25, 0.3) is 5.69 Å². The lowest BCUT2D eigenvalue weighted by molar-refractivity contribution is 0.0507. The van der Waals surface area contributed by atoms with Crippen LogP contribution < -0.4 is 10.6 Å². The molecule has 2 N–H and O–H groups in total. The molecular weight excluding hydrogens is 380 g/mol. The zero-order valence-corrected chi connectivity index (χ0v) is 18.3. The van der Waals surface area contributed by atoms with E-state index < -0.39 is 5.60 Å².